The average Bonchev–Trinajstić information content (AvgIpc) is 2.93. The van der Waals surface area contributed by atoms with E-state index in [-0.39, 0.29) is 0 Å². The number of aryl methyl sites for hydroxylation is 1. The molecule has 0 aromatic heterocycles. The number of fused-ring (bicyclic) bond motifs is 1. The van der Waals surface area contributed by atoms with Gasteiger partial charge >= 0.3 is 0 Å². The molecule has 2 unspecified atom stereocenters. The number of benzene rings is 1. The predicted octanol–water partition coefficient (Wildman–Crippen LogP) is 3.33. The molecule has 19 heavy (non-hydrogen) atoms. The van der Waals surface area contributed by atoms with Gasteiger partial charge in [0.25, 0.3) is 0 Å². The standard InChI is InChI=1S/C17H25NO/c1-18-16-4-2-3-13(12-16)5-6-14-7-8-17-15(11-14)9-10-19-17/h7-8,11,13,16,18H,2-6,9-10,12H2,1H3. The molecule has 1 N–H and O–H groups in total. The molecule has 1 aliphatic carbocycles. The minimum Gasteiger partial charge on any atom is -0.493 e. The van der Waals surface area contributed by atoms with E-state index in [1.54, 1.807) is 0 Å². The second-order valence-electron chi connectivity index (χ2n) is 6.10. The predicted molar refractivity (Wildman–Crippen MR) is 78.8 cm³/mol. The molecular weight excluding hydrogens is 234 g/mol. The SMILES string of the molecule is CNC1CCCC(CCc2ccc3c(c2)CCO3)C1. The van der Waals surface area contributed by atoms with Gasteiger partial charge in [0.2, 0.25) is 0 Å². The van der Waals surface area contributed by atoms with Crippen molar-refractivity contribution in [1.29, 1.82) is 0 Å². The van der Waals surface area contributed by atoms with E-state index in [1.807, 2.05) is 0 Å². The lowest BCUT2D eigenvalue weighted by Gasteiger charge is -2.28. The summed E-state index contributed by atoms with van der Waals surface area (Å²) in [5.74, 6) is 2.02. The van der Waals surface area contributed by atoms with Crippen molar-refractivity contribution in [2.45, 2.75) is 51.0 Å². The number of ether oxygens (including phenoxy) is 1. The summed E-state index contributed by atoms with van der Waals surface area (Å²) in [7, 11) is 2.10. The zero-order valence-corrected chi connectivity index (χ0v) is 12.0. The molecule has 2 atom stereocenters. The number of hydrogen-bond donors (Lipinski definition) is 1. The third-order valence-electron chi connectivity index (χ3n) is 4.79. The van der Waals surface area contributed by atoms with E-state index < -0.39 is 0 Å². The lowest BCUT2D eigenvalue weighted by molar-refractivity contribution is 0.282. The molecule has 2 aliphatic rings. The van der Waals surface area contributed by atoms with Gasteiger partial charge in [-0.3, -0.25) is 0 Å². The van der Waals surface area contributed by atoms with Crippen LogP contribution in [0.15, 0.2) is 18.2 Å². The molecular formula is C17H25NO. The summed E-state index contributed by atoms with van der Waals surface area (Å²) in [6.07, 6.45) is 9.22. The van der Waals surface area contributed by atoms with E-state index in [0.29, 0.717) is 0 Å². The van der Waals surface area contributed by atoms with E-state index in [2.05, 4.69) is 30.6 Å². The molecule has 0 amide bonds. The largest absolute Gasteiger partial charge is 0.493 e. The van der Waals surface area contributed by atoms with E-state index in [0.717, 1.165) is 30.7 Å². The lowest BCUT2D eigenvalue weighted by atomic mass is 9.82. The summed E-state index contributed by atoms with van der Waals surface area (Å²) in [5, 5.41) is 3.45. The number of rotatable bonds is 4. The molecule has 1 saturated carbocycles. The molecule has 0 bridgehead atoms. The summed E-state index contributed by atoms with van der Waals surface area (Å²) in [4.78, 5) is 0. The molecule has 0 saturated heterocycles. The van der Waals surface area contributed by atoms with Crippen LogP contribution in [0, 0.1) is 5.92 Å². The maximum Gasteiger partial charge on any atom is 0.122 e. The summed E-state index contributed by atoms with van der Waals surface area (Å²) < 4.78 is 5.57. The van der Waals surface area contributed by atoms with E-state index >= 15 is 0 Å². The van der Waals surface area contributed by atoms with Crippen LogP contribution in [0.4, 0.5) is 0 Å². The van der Waals surface area contributed by atoms with Crippen LogP contribution in [0.5, 0.6) is 5.75 Å². The van der Waals surface area contributed by atoms with Crippen LogP contribution in [0.25, 0.3) is 0 Å². The third kappa shape index (κ3) is 3.11. The molecule has 1 aliphatic heterocycles. The second kappa shape index (κ2) is 5.96. The van der Waals surface area contributed by atoms with Gasteiger partial charge in [0.1, 0.15) is 5.75 Å². The van der Waals surface area contributed by atoms with Crippen LogP contribution in [-0.4, -0.2) is 19.7 Å². The highest BCUT2D eigenvalue weighted by Crippen LogP contribution is 2.30. The zero-order chi connectivity index (χ0) is 13.1. The van der Waals surface area contributed by atoms with Crippen LogP contribution >= 0.6 is 0 Å². The first-order chi connectivity index (χ1) is 9.35. The Morgan fingerprint density at radius 3 is 3.16 bits per heavy atom. The van der Waals surface area contributed by atoms with Crippen LogP contribution in [0.1, 0.15) is 43.2 Å². The first kappa shape index (κ1) is 13.0. The Hall–Kier alpha value is -1.02. The lowest BCUT2D eigenvalue weighted by Crippen LogP contribution is -2.31. The van der Waals surface area contributed by atoms with Crippen molar-refractivity contribution in [3.05, 3.63) is 29.3 Å². The highest BCUT2D eigenvalue weighted by Gasteiger charge is 2.20. The van der Waals surface area contributed by atoms with Crippen LogP contribution in [0.2, 0.25) is 0 Å². The van der Waals surface area contributed by atoms with Gasteiger partial charge in [-0.1, -0.05) is 25.0 Å². The molecule has 104 valence electrons. The van der Waals surface area contributed by atoms with Gasteiger partial charge in [-0.25, -0.2) is 0 Å². The zero-order valence-electron chi connectivity index (χ0n) is 12.0. The smallest absolute Gasteiger partial charge is 0.122 e. The van der Waals surface area contributed by atoms with Crippen molar-refractivity contribution in [2.75, 3.05) is 13.7 Å². The molecule has 0 spiro atoms. The van der Waals surface area contributed by atoms with E-state index in [9.17, 15) is 0 Å². The third-order valence-corrected chi connectivity index (χ3v) is 4.79. The fourth-order valence-corrected chi connectivity index (χ4v) is 3.58. The van der Waals surface area contributed by atoms with Crippen molar-refractivity contribution in [1.82, 2.24) is 5.32 Å². The Bertz CT molecular complexity index is 429. The monoisotopic (exact) mass is 259 g/mol. The van der Waals surface area contributed by atoms with Gasteiger partial charge < -0.3 is 10.1 Å². The maximum absolute atomic E-state index is 5.57. The van der Waals surface area contributed by atoms with Crippen molar-refractivity contribution in [2.24, 2.45) is 5.92 Å². The molecule has 2 nitrogen and oxygen atoms in total. The number of nitrogens with one attached hydrogen (secondary N) is 1. The van der Waals surface area contributed by atoms with Gasteiger partial charge in [-0.15, -0.1) is 0 Å². The first-order valence-electron chi connectivity index (χ1n) is 7.77. The van der Waals surface area contributed by atoms with Crippen LogP contribution in [-0.2, 0) is 12.8 Å². The molecule has 0 radical (unpaired) electrons. The maximum atomic E-state index is 5.57. The van der Waals surface area contributed by atoms with Gasteiger partial charge in [0.15, 0.2) is 0 Å². The highest BCUT2D eigenvalue weighted by atomic mass is 16.5. The van der Waals surface area contributed by atoms with Crippen LogP contribution in [0.3, 0.4) is 0 Å². The topological polar surface area (TPSA) is 21.3 Å². The molecule has 2 heteroatoms. The van der Waals surface area contributed by atoms with Crippen molar-refractivity contribution in [3.8, 4) is 5.75 Å². The number of hydrogen-bond acceptors (Lipinski definition) is 2. The Morgan fingerprint density at radius 1 is 1.32 bits per heavy atom. The molecule has 1 fully saturated rings. The van der Waals surface area contributed by atoms with Crippen LogP contribution < -0.4 is 10.1 Å². The van der Waals surface area contributed by atoms with Crippen molar-refractivity contribution >= 4 is 0 Å². The van der Waals surface area contributed by atoms with Gasteiger partial charge in [-0.2, -0.15) is 0 Å². The summed E-state index contributed by atoms with van der Waals surface area (Å²) >= 11 is 0. The van der Waals surface area contributed by atoms with E-state index in [4.69, 9.17) is 4.74 Å². The fraction of sp³-hybridized carbons (Fsp3) is 0.647. The molecule has 1 aromatic carbocycles. The summed E-state index contributed by atoms with van der Waals surface area (Å²) in [6, 6.07) is 7.53. The summed E-state index contributed by atoms with van der Waals surface area (Å²) in [6.45, 7) is 0.866. The van der Waals surface area contributed by atoms with Crippen molar-refractivity contribution < 1.29 is 4.74 Å². The van der Waals surface area contributed by atoms with E-state index in [1.165, 1.54) is 49.7 Å². The summed E-state index contributed by atoms with van der Waals surface area (Å²) in [5.41, 5.74) is 2.91. The first-order valence-corrected chi connectivity index (χ1v) is 7.77. The second-order valence-corrected chi connectivity index (χ2v) is 6.10. The molecule has 1 aromatic rings. The fourth-order valence-electron chi connectivity index (χ4n) is 3.58. The quantitative estimate of drug-likeness (QED) is 0.895. The van der Waals surface area contributed by atoms with Gasteiger partial charge in [0.05, 0.1) is 6.61 Å². The highest BCUT2D eigenvalue weighted by molar-refractivity contribution is 5.39. The Kier molecular flexibility index (Phi) is 4.07. The Labute approximate surface area is 116 Å². The molecule has 3 rings (SSSR count). The normalized spacial score (nSPS) is 25.9. The average molecular weight is 259 g/mol. The molecule has 1 heterocycles. The van der Waals surface area contributed by atoms with Gasteiger partial charge in [0, 0.05) is 12.5 Å². The Morgan fingerprint density at radius 2 is 2.26 bits per heavy atom. The minimum atomic E-state index is 0.757. The van der Waals surface area contributed by atoms with Crippen molar-refractivity contribution in [3.63, 3.8) is 0 Å². The Balaban J connectivity index is 1.54. The van der Waals surface area contributed by atoms with Gasteiger partial charge in [-0.05, 0) is 55.8 Å². The minimum absolute atomic E-state index is 0.757.